The van der Waals surface area contributed by atoms with Crippen LogP contribution in [0.25, 0.3) is 0 Å². The number of hydrogen-bond acceptors (Lipinski definition) is 3. The summed E-state index contributed by atoms with van der Waals surface area (Å²) in [5.41, 5.74) is 1.88. The van der Waals surface area contributed by atoms with Gasteiger partial charge in [-0.25, -0.2) is 0 Å². The Morgan fingerprint density at radius 1 is 1.07 bits per heavy atom. The lowest BCUT2D eigenvalue weighted by Crippen LogP contribution is -2.43. The third kappa shape index (κ3) is 5.28. The maximum atomic E-state index is 12.9. The van der Waals surface area contributed by atoms with Crippen molar-refractivity contribution in [1.82, 2.24) is 4.90 Å². The van der Waals surface area contributed by atoms with E-state index >= 15 is 0 Å². The molecular weight excluding hydrogens is 378 g/mol. The summed E-state index contributed by atoms with van der Waals surface area (Å²) in [4.78, 5) is 14.7. The van der Waals surface area contributed by atoms with E-state index in [1.807, 2.05) is 56.3 Å². The summed E-state index contributed by atoms with van der Waals surface area (Å²) in [6.07, 6.45) is -0.895. The molecule has 1 N–H and O–H groups in total. The molecule has 29 heavy (non-hydrogen) atoms. The average Bonchev–Trinajstić information content (AvgIpc) is 2.67. The first-order chi connectivity index (χ1) is 13.5. The Kier molecular flexibility index (Phi) is 7.30. The van der Waals surface area contributed by atoms with E-state index in [-0.39, 0.29) is 10.9 Å². The normalized spacial score (nSPS) is 13.1. The van der Waals surface area contributed by atoms with Crippen LogP contribution >= 0.6 is 0 Å². The zero-order valence-electron chi connectivity index (χ0n) is 18.8. The molecule has 158 valence electrons. The first-order valence-corrected chi connectivity index (χ1v) is 13.3. The molecule has 0 aliphatic carbocycles. The average molecular weight is 414 g/mol. The van der Waals surface area contributed by atoms with Gasteiger partial charge < -0.3 is 14.4 Å². The van der Waals surface area contributed by atoms with E-state index < -0.39 is 14.4 Å². The first-order valence-electron chi connectivity index (χ1n) is 10.4. The molecule has 0 fully saturated rings. The van der Waals surface area contributed by atoms with Crippen LogP contribution in [-0.2, 0) is 0 Å². The van der Waals surface area contributed by atoms with Crippen LogP contribution < -0.4 is 4.43 Å². The van der Waals surface area contributed by atoms with Gasteiger partial charge in [-0.15, -0.1) is 0 Å². The lowest BCUT2D eigenvalue weighted by atomic mass is 9.96. The monoisotopic (exact) mass is 413 g/mol. The summed E-state index contributed by atoms with van der Waals surface area (Å²) in [6, 6.07) is 14.9. The third-order valence-corrected chi connectivity index (χ3v) is 10.2. The second kappa shape index (κ2) is 9.14. The number of carbonyl (C=O) groups excluding carboxylic acids is 1. The van der Waals surface area contributed by atoms with Gasteiger partial charge in [0.25, 0.3) is 5.91 Å². The molecule has 0 radical (unpaired) electrons. The Balaban J connectivity index is 2.37. The Morgan fingerprint density at radius 3 is 2.28 bits per heavy atom. The van der Waals surface area contributed by atoms with Crippen molar-refractivity contribution in [3.63, 3.8) is 0 Å². The summed E-state index contributed by atoms with van der Waals surface area (Å²) in [5, 5.41) is 11.2. The molecule has 0 aliphatic heterocycles. The number of rotatable bonds is 7. The van der Waals surface area contributed by atoms with Gasteiger partial charge in [0.2, 0.25) is 8.32 Å². The van der Waals surface area contributed by atoms with E-state index in [2.05, 4.69) is 33.9 Å². The minimum atomic E-state index is -1.98. The van der Waals surface area contributed by atoms with Crippen LogP contribution in [0.5, 0.6) is 5.75 Å². The van der Waals surface area contributed by atoms with E-state index in [1.165, 1.54) is 0 Å². The smallest absolute Gasteiger partial charge is 0.254 e. The van der Waals surface area contributed by atoms with E-state index in [4.69, 9.17) is 4.43 Å². The maximum absolute atomic E-state index is 12.9. The number of carbonyl (C=O) groups is 1. The predicted octanol–water partition coefficient (Wildman–Crippen LogP) is 5.63. The van der Waals surface area contributed by atoms with Gasteiger partial charge in [0.05, 0.1) is 0 Å². The number of aliphatic hydroxyl groups excluding tert-OH is 1. The molecule has 0 saturated carbocycles. The highest BCUT2D eigenvalue weighted by molar-refractivity contribution is 6.74. The van der Waals surface area contributed by atoms with Crippen LogP contribution in [-0.4, -0.2) is 37.3 Å². The molecule has 1 unspecified atom stereocenters. The molecule has 1 atom stereocenters. The number of hydrogen-bond donors (Lipinski definition) is 1. The number of amides is 1. The highest BCUT2D eigenvalue weighted by atomic mass is 28.4. The molecule has 0 aromatic heterocycles. The van der Waals surface area contributed by atoms with Crippen molar-refractivity contribution in [2.24, 2.45) is 0 Å². The molecule has 0 heterocycles. The maximum Gasteiger partial charge on any atom is 0.254 e. The van der Waals surface area contributed by atoms with Crippen molar-refractivity contribution in [1.29, 1.82) is 0 Å². The molecule has 2 rings (SSSR count). The number of benzene rings is 2. The minimum absolute atomic E-state index is 0.0571. The van der Waals surface area contributed by atoms with E-state index in [9.17, 15) is 9.90 Å². The molecule has 0 spiro atoms. The van der Waals surface area contributed by atoms with Gasteiger partial charge in [-0.2, -0.15) is 0 Å². The molecule has 4 nitrogen and oxygen atoms in total. The summed E-state index contributed by atoms with van der Waals surface area (Å²) in [6.45, 7) is 16.2. The number of nitrogens with zero attached hydrogens (tertiary/aromatic N) is 1. The van der Waals surface area contributed by atoms with Crippen LogP contribution in [0.15, 0.2) is 48.5 Å². The molecule has 0 aliphatic rings. The Hall–Kier alpha value is -2.11. The fourth-order valence-electron chi connectivity index (χ4n) is 2.99. The van der Waals surface area contributed by atoms with Crippen molar-refractivity contribution in [3.05, 3.63) is 65.2 Å². The summed E-state index contributed by atoms with van der Waals surface area (Å²) < 4.78 is 6.40. The lowest BCUT2D eigenvalue weighted by molar-refractivity contribution is 0.0767. The summed E-state index contributed by atoms with van der Waals surface area (Å²) >= 11 is 0. The van der Waals surface area contributed by atoms with Crippen LogP contribution in [0, 0.1) is 0 Å². The van der Waals surface area contributed by atoms with Crippen molar-refractivity contribution < 1.29 is 14.3 Å². The van der Waals surface area contributed by atoms with Gasteiger partial charge in [0, 0.05) is 18.7 Å². The molecule has 2 aromatic rings. The van der Waals surface area contributed by atoms with Crippen molar-refractivity contribution in [2.75, 3.05) is 13.1 Å². The van der Waals surface area contributed by atoms with E-state index in [0.717, 1.165) is 11.3 Å². The molecule has 0 bridgehead atoms. The van der Waals surface area contributed by atoms with Crippen molar-refractivity contribution in [2.45, 2.75) is 58.9 Å². The zero-order chi connectivity index (χ0) is 21.8. The van der Waals surface area contributed by atoms with Gasteiger partial charge in [-0.1, -0.05) is 51.1 Å². The van der Waals surface area contributed by atoms with Gasteiger partial charge in [-0.3, -0.25) is 4.79 Å². The van der Waals surface area contributed by atoms with Crippen LogP contribution in [0.2, 0.25) is 18.1 Å². The molecule has 0 saturated heterocycles. The third-order valence-electron chi connectivity index (χ3n) is 5.89. The highest BCUT2D eigenvalue weighted by Crippen LogP contribution is 2.38. The summed E-state index contributed by atoms with van der Waals surface area (Å²) in [7, 11) is -1.98. The zero-order valence-corrected chi connectivity index (χ0v) is 19.8. The van der Waals surface area contributed by atoms with Gasteiger partial charge >= 0.3 is 0 Å². The van der Waals surface area contributed by atoms with Crippen molar-refractivity contribution >= 4 is 14.2 Å². The van der Waals surface area contributed by atoms with Crippen LogP contribution in [0.1, 0.15) is 62.2 Å². The largest absolute Gasteiger partial charge is 0.543 e. The SMILES string of the molecule is CCN(CC)C(=O)c1ccccc1C(O)c1cccc(O[Si](C)(C)C(C)(C)C)c1. The Labute approximate surface area is 176 Å². The fourth-order valence-corrected chi connectivity index (χ4v) is 4.01. The standard InChI is InChI=1S/C24H35NO3Si/c1-8-25(9-2)23(27)21-16-11-10-15-20(21)22(26)18-13-12-14-19(17-18)28-29(6,7)24(3,4)5/h10-17,22,26H,8-9H2,1-7H3. The Morgan fingerprint density at radius 2 is 1.69 bits per heavy atom. The topological polar surface area (TPSA) is 49.8 Å². The molecule has 2 aromatic carbocycles. The predicted molar refractivity (Wildman–Crippen MR) is 122 cm³/mol. The molecule has 5 heteroatoms. The van der Waals surface area contributed by atoms with Crippen molar-refractivity contribution in [3.8, 4) is 5.75 Å². The van der Waals surface area contributed by atoms with Gasteiger partial charge in [0.1, 0.15) is 11.9 Å². The minimum Gasteiger partial charge on any atom is -0.543 e. The van der Waals surface area contributed by atoms with Gasteiger partial charge in [-0.05, 0) is 61.3 Å². The molecule has 1 amide bonds. The molecular formula is C24H35NO3Si. The quantitative estimate of drug-likeness (QED) is 0.598. The van der Waals surface area contributed by atoms with Crippen LogP contribution in [0.3, 0.4) is 0 Å². The first kappa shape index (κ1) is 23.2. The fraction of sp³-hybridized carbons (Fsp3) is 0.458. The van der Waals surface area contributed by atoms with E-state index in [1.54, 1.807) is 11.0 Å². The Bertz CT molecular complexity index is 838. The van der Waals surface area contributed by atoms with Crippen LogP contribution in [0.4, 0.5) is 0 Å². The second-order valence-electron chi connectivity index (χ2n) is 8.90. The summed E-state index contributed by atoms with van der Waals surface area (Å²) in [5.74, 6) is 0.707. The second-order valence-corrected chi connectivity index (χ2v) is 13.6. The highest BCUT2D eigenvalue weighted by Gasteiger charge is 2.39. The van der Waals surface area contributed by atoms with E-state index in [0.29, 0.717) is 24.2 Å². The van der Waals surface area contributed by atoms with Gasteiger partial charge in [0.15, 0.2) is 0 Å². The lowest BCUT2D eigenvalue weighted by Gasteiger charge is -2.36. The number of aliphatic hydroxyl groups is 1.